The smallest absolute Gasteiger partial charge is 0.230 e. The molecule has 0 aliphatic carbocycles. The zero-order valence-electron chi connectivity index (χ0n) is 11.0. The van der Waals surface area contributed by atoms with Crippen LogP contribution in [0.3, 0.4) is 0 Å². The van der Waals surface area contributed by atoms with E-state index < -0.39 is 0 Å². The molecular formula is C13H17N5O. The fourth-order valence-electron chi connectivity index (χ4n) is 1.73. The van der Waals surface area contributed by atoms with E-state index in [0.717, 1.165) is 16.6 Å². The van der Waals surface area contributed by atoms with Crippen LogP contribution in [0.4, 0.5) is 5.95 Å². The van der Waals surface area contributed by atoms with Gasteiger partial charge in [0.05, 0.1) is 17.8 Å². The van der Waals surface area contributed by atoms with Crippen molar-refractivity contribution in [3.05, 3.63) is 30.0 Å². The van der Waals surface area contributed by atoms with Crippen LogP contribution in [-0.4, -0.2) is 36.2 Å². The lowest BCUT2D eigenvalue weighted by atomic mass is 10.2. The van der Waals surface area contributed by atoms with Gasteiger partial charge in [-0.05, 0) is 13.0 Å². The van der Waals surface area contributed by atoms with E-state index in [9.17, 15) is 0 Å². The summed E-state index contributed by atoms with van der Waals surface area (Å²) in [6, 6.07) is 7.80. The molecule has 0 saturated carbocycles. The molecular weight excluding hydrogens is 242 g/mol. The summed E-state index contributed by atoms with van der Waals surface area (Å²) < 4.78 is 4.90. The van der Waals surface area contributed by atoms with Crippen LogP contribution in [0, 0.1) is 12.3 Å². The minimum atomic E-state index is 0.159. The van der Waals surface area contributed by atoms with E-state index in [2.05, 4.69) is 20.6 Å². The Morgan fingerprint density at radius 3 is 2.89 bits per heavy atom. The van der Waals surface area contributed by atoms with Crippen molar-refractivity contribution in [2.75, 3.05) is 25.6 Å². The predicted molar refractivity (Wildman–Crippen MR) is 75.5 cm³/mol. The molecule has 0 aliphatic heterocycles. The van der Waals surface area contributed by atoms with E-state index in [1.54, 1.807) is 7.11 Å². The Labute approximate surface area is 111 Å². The zero-order chi connectivity index (χ0) is 13.7. The van der Waals surface area contributed by atoms with Crippen LogP contribution in [0.2, 0.25) is 0 Å². The molecule has 0 amide bonds. The van der Waals surface area contributed by atoms with Crippen molar-refractivity contribution >= 4 is 22.8 Å². The summed E-state index contributed by atoms with van der Waals surface area (Å²) in [5.41, 5.74) is 1.75. The molecule has 1 aromatic carbocycles. The molecule has 0 unspecified atom stereocenters. The molecule has 100 valence electrons. The first kappa shape index (κ1) is 13.2. The summed E-state index contributed by atoms with van der Waals surface area (Å²) in [6.07, 6.45) is 0. The van der Waals surface area contributed by atoms with Gasteiger partial charge >= 0.3 is 0 Å². The molecule has 0 saturated heterocycles. The van der Waals surface area contributed by atoms with Crippen LogP contribution in [0.1, 0.15) is 5.69 Å². The molecule has 0 fully saturated rings. The molecule has 0 spiro atoms. The number of aryl methyl sites for hydroxylation is 1. The molecule has 1 aromatic heterocycles. The van der Waals surface area contributed by atoms with Crippen molar-refractivity contribution in [3.8, 4) is 0 Å². The quantitative estimate of drug-likeness (QED) is 0.440. The number of hydrogen-bond acceptors (Lipinski definition) is 4. The van der Waals surface area contributed by atoms with Gasteiger partial charge in [0.25, 0.3) is 0 Å². The highest BCUT2D eigenvalue weighted by Crippen LogP contribution is 2.16. The first-order valence-electron chi connectivity index (χ1n) is 6.02. The summed E-state index contributed by atoms with van der Waals surface area (Å²) in [5, 5.41) is 14.4. The largest absolute Gasteiger partial charge is 0.383 e. The molecule has 0 atom stereocenters. The fraction of sp³-hybridized carbons (Fsp3) is 0.308. The highest BCUT2D eigenvalue weighted by Gasteiger charge is 2.05. The van der Waals surface area contributed by atoms with Crippen LogP contribution >= 0.6 is 0 Å². The van der Waals surface area contributed by atoms with Gasteiger partial charge in [0.15, 0.2) is 5.96 Å². The van der Waals surface area contributed by atoms with Gasteiger partial charge in [0, 0.05) is 19.0 Å². The Morgan fingerprint density at radius 1 is 1.32 bits per heavy atom. The molecule has 1 heterocycles. The lowest BCUT2D eigenvalue weighted by Gasteiger charge is -2.10. The van der Waals surface area contributed by atoms with Gasteiger partial charge in [-0.2, -0.15) is 0 Å². The number of benzene rings is 1. The van der Waals surface area contributed by atoms with Gasteiger partial charge in [0.2, 0.25) is 5.95 Å². The third-order valence-corrected chi connectivity index (χ3v) is 2.64. The van der Waals surface area contributed by atoms with Crippen LogP contribution in [0.15, 0.2) is 24.3 Å². The van der Waals surface area contributed by atoms with Crippen molar-refractivity contribution in [2.45, 2.75) is 6.92 Å². The molecule has 0 radical (unpaired) electrons. The number of guanidine groups is 1. The van der Waals surface area contributed by atoms with Crippen molar-refractivity contribution in [2.24, 2.45) is 0 Å². The molecule has 2 rings (SSSR count). The second-order valence-corrected chi connectivity index (χ2v) is 4.07. The normalized spacial score (nSPS) is 10.4. The van der Waals surface area contributed by atoms with Crippen LogP contribution < -0.4 is 10.6 Å². The third-order valence-electron chi connectivity index (χ3n) is 2.64. The number of methoxy groups -OCH3 is 1. The minimum Gasteiger partial charge on any atom is -0.383 e. The number of para-hydroxylation sites is 1. The highest BCUT2D eigenvalue weighted by molar-refractivity contribution is 5.91. The van der Waals surface area contributed by atoms with Crippen molar-refractivity contribution in [1.29, 1.82) is 5.41 Å². The Hall–Kier alpha value is -2.21. The van der Waals surface area contributed by atoms with E-state index in [1.807, 2.05) is 31.2 Å². The zero-order valence-corrected chi connectivity index (χ0v) is 11.0. The molecule has 0 bridgehead atoms. The Morgan fingerprint density at radius 2 is 2.11 bits per heavy atom. The number of aromatic nitrogens is 2. The van der Waals surface area contributed by atoms with Crippen molar-refractivity contribution in [3.63, 3.8) is 0 Å². The van der Waals surface area contributed by atoms with E-state index in [-0.39, 0.29) is 5.96 Å². The van der Waals surface area contributed by atoms with Crippen molar-refractivity contribution in [1.82, 2.24) is 15.3 Å². The lowest BCUT2D eigenvalue weighted by Crippen LogP contribution is -2.32. The van der Waals surface area contributed by atoms with E-state index in [1.165, 1.54) is 0 Å². The molecule has 19 heavy (non-hydrogen) atoms. The second-order valence-electron chi connectivity index (χ2n) is 4.07. The van der Waals surface area contributed by atoms with E-state index >= 15 is 0 Å². The third kappa shape index (κ3) is 3.38. The number of hydrogen-bond donors (Lipinski definition) is 3. The minimum absolute atomic E-state index is 0.159. The average molecular weight is 259 g/mol. The molecule has 3 N–H and O–H groups in total. The number of ether oxygens (including phenoxy) is 1. The maximum Gasteiger partial charge on any atom is 0.230 e. The SMILES string of the molecule is COCCNC(=N)Nc1nc(C)c2ccccc2n1. The predicted octanol–water partition coefficient (Wildman–Crippen LogP) is 1.52. The first-order chi connectivity index (χ1) is 9.20. The summed E-state index contributed by atoms with van der Waals surface area (Å²) in [5.74, 6) is 0.581. The standard InChI is InChI=1S/C13H17N5O/c1-9-10-5-3-4-6-11(10)17-13(16-9)18-12(14)15-7-8-19-2/h3-6H,7-8H2,1-2H3,(H3,14,15,16,17,18). The van der Waals surface area contributed by atoms with Gasteiger partial charge < -0.3 is 10.1 Å². The van der Waals surface area contributed by atoms with Gasteiger partial charge in [-0.3, -0.25) is 10.7 Å². The van der Waals surface area contributed by atoms with E-state index in [4.69, 9.17) is 10.1 Å². The number of fused-ring (bicyclic) bond motifs is 1. The average Bonchev–Trinajstić information content (AvgIpc) is 2.39. The topological polar surface area (TPSA) is 82.9 Å². The summed E-state index contributed by atoms with van der Waals surface area (Å²) in [4.78, 5) is 8.71. The van der Waals surface area contributed by atoms with Gasteiger partial charge in [-0.15, -0.1) is 0 Å². The fourth-order valence-corrected chi connectivity index (χ4v) is 1.73. The Kier molecular flexibility index (Phi) is 4.25. The number of nitrogens with zero attached hydrogens (tertiary/aromatic N) is 2. The number of nitrogens with one attached hydrogen (secondary N) is 3. The monoisotopic (exact) mass is 259 g/mol. The molecule has 0 aliphatic rings. The number of anilines is 1. The Bertz CT molecular complexity index is 584. The molecule has 2 aromatic rings. The highest BCUT2D eigenvalue weighted by atomic mass is 16.5. The maximum absolute atomic E-state index is 7.73. The number of rotatable bonds is 4. The van der Waals surface area contributed by atoms with Crippen LogP contribution in [-0.2, 0) is 4.74 Å². The molecule has 6 nitrogen and oxygen atoms in total. The maximum atomic E-state index is 7.73. The Balaban J connectivity index is 2.11. The molecule has 6 heteroatoms. The van der Waals surface area contributed by atoms with Gasteiger partial charge in [-0.25, -0.2) is 9.97 Å². The van der Waals surface area contributed by atoms with Crippen LogP contribution in [0.5, 0.6) is 0 Å². The van der Waals surface area contributed by atoms with Gasteiger partial charge in [-0.1, -0.05) is 18.2 Å². The first-order valence-corrected chi connectivity index (χ1v) is 6.02. The van der Waals surface area contributed by atoms with Crippen LogP contribution in [0.25, 0.3) is 10.9 Å². The summed E-state index contributed by atoms with van der Waals surface area (Å²) >= 11 is 0. The van der Waals surface area contributed by atoms with Gasteiger partial charge in [0.1, 0.15) is 0 Å². The summed E-state index contributed by atoms with van der Waals surface area (Å²) in [7, 11) is 1.62. The van der Waals surface area contributed by atoms with Crippen molar-refractivity contribution < 1.29 is 4.74 Å². The second kappa shape index (κ2) is 6.10. The summed E-state index contributed by atoms with van der Waals surface area (Å²) in [6.45, 7) is 3.04. The van der Waals surface area contributed by atoms with E-state index in [0.29, 0.717) is 19.1 Å². The lowest BCUT2D eigenvalue weighted by molar-refractivity contribution is 0.204.